The maximum absolute atomic E-state index is 12.2. The molecule has 0 amide bonds. The number of benzene rings is 2. The van der Waals surface area contributed by atoms with Crippen molar-refractivity contribution in [1.29, 1.82) is 0 Å². The van der Waals surface area contributed by atoms with E-state index in [0.29, 0.717) is 26.8 Å². The van der Waals surface area contributed by atoms with Crippen molar-refractivity contribution in [3.63, 3.8) is 0 Å². The Hall–Kier alpha value is -2.37. The predicted molar refractivity (Wildman–Crippen MR) is 86.6 cm³/mol. The molecule has 0 saturated heterocycles. The van der Waals surface area contributed by atoms with Crippen molar-refractivity contribution in [2.75, 3.05) is 0 Å². The number of rotatable bonds is 1. The van der Waals surface area contributed by atoms with Crippen LogP contribution in [0.25, 0.3) is 27.8 Å². The fourth-order valence-corrected chi connectivity index (χ4v) is 2.72. The van der Waals surface area contributed by atoms with Gasteiger partial charge in [-0.15, -0.1) is 0 Å². The van der Waals surface area contributed by atoms with Gasteiger partial charge in [0.15, 0.2) is 5.65 Å². The number of nitrogens with one attached hydrogen (secondary N) is 1. The second kappa shape index (κ2) is 4.83. The number of nitrogens with zero attached hydrogens (tertiary/aromatic N) is 3. The highest BCUT2D eigenvalue weighted by atomic mass is 35.5. The summed E-state index contributed by atoms with van der Waals surface area (Å²) in [6, 6.07) is 12.4. The van der Waals surface area contributed by atoms with Crippen molar-refractivity contribution in [2.45, 2.75) is 0 Å². The molecule has 0 aliphatic rings. The van der Waals surface area contributed by atoms with E-state index in [0.717, 1.165) is 11.1 Å². The topological polar surface area (TPSA) is 63.0 Å². The largest absolute Gasteiger partial charge is 0.281 e. The van der Waals surface area contributed by atoms with E-state index in [9.17, 15) is 4.79 Å². The van der Waals surface area contributed by atoms with Gasteiger partial charge in [-0.05, 0) is 24.3 Å². The van der Waals surface area contributed by atoms with Gasteiger partial charge in [-0.1, -0.05) is 41.4 Å². The fraction of sp³-hybridized carbons (Fsp3) is 0. The molecule has 0 aliphatic heterocycles. The Morgan fingerprint density at radius 3 is 2.68 bits per heavy atom. The van der Waals surface area contributed by atoms with E-state index in [-0.39, 0.29) is 5.56 Å². The normalized spacial score (nSPS) is 11.4. The molecule has 2 heterocycles. The minimum absolute atomic E-state index is 0.293. The molecule has 0 aliphatic carbocycles. The van der Waals surface area contributed by atoms with Crippen LogP contribution in [-0.2, 0) is 0 Å². The number of fused-ring (bicyclic) bond motifs is 3. The molecule has 0 unspecified atom stereocenters. The van der Waals surface area contributed by atoms with Gasteiger partial charge >= 0.3 is 0 Å². The molecule has 5 nitrogen and oxygen atoms in total. The summed E-state index contributed by atoms with van der Waals surface area (Å²) in [6.45, 7) is 0. The molecule has 1 N–H and O–H groups in total. The molecule has 2 aromatic carbocycles. The lowest BCUT2D eigenvalue weighted by atomic mass is 10.1. The molecule has 0 fully saturated rings. The lowest BCUT2D eigenvalue weighted by molar-refractivity contribution is 0.874. The Morgan fingerprint density at radius 1 is 1.05 bits per heavy atom. The highest BCUT2D eigenvalue weighted by Gasteiger charge is 2.14. The first-order valence-corrected chi connectivity index (χ1v) is 7.22. The third-order valence-corrected chi connectivity index (χ3v) is 4.20. The zero-order chi connectivity index (χ0) is 15.3. The Bertz CT molecular complexity index is 1080. The van der Waals surface area contributed by atoms with Crippen LogP contribution in [0.15, 0.2) is 47.3 Å². The van der Waals surface area contributed by atoms with Gasteiger partial charge in [-0.25, -0.2) is 9.73 Å². The van der Waals surface area contributed by atoms with Crippen LogP contribution < -0.4 is 5.56 Å². The van der Waals surface area contributed by atoms with Crippen LogP contribution in [0.1, 0.15) is 0 Å². The monoisotopic (exact) mass is 330 g/mol. The van der Waals surface area contributed by atoms with E-state index in [2.05, 4.69) is 15.3 Å². The zero-order valence-electron chi connectivity index (χ0n) is 11.0. The Morgan fingerprint density at radius 2 is 1.86 bits per heavy atom. The molecular weight excluding hydrogens is 323 g/mol. The molecule has 0 atom stereocenters. The SMILES string of the molecule is O=c1nc2c(-c3ccc(Cl)c(Cl)c3)n[nH]n2c2ccccc12. The van der Waals surface area contributed by atoms with Gasteiger partial charge in [-0.3, -0.25) is 4.79 Å². The second-order valence-electron chi connectivity index (χ2n) is 4.78. The molecule has 0 spiro atoms. The van der Waals surface area contributed by atoms with Gasteiger partial charge in [0.1, 0.15) is 5.69 Å². The van der Waals surface area contributed by atoms with E-state index in [1.165, 1.54) is 0 Å². The number of aromatic nitrogens is 4. The average molecular weight is 331 g/mol. The quantitative estimate of drug-likeness (QED) is 0.580. The molecule has 108 valence electrons. The number of H-pyrrole nitrogens is 1. The van der Waals surface area contributed by atoms with Crippen LogP contribution in [0.2, 0.25) is 10.0 Å². The lowest BCUT2D eigenvalue weighted by Crippen LogP contribution is -2.10. The molecule has 0 saturated carbocycles. The summed E-state index contributed by atoms with van der Waals surface area (Å²) in [5, 5.41) is 8.55. The van der Waals surface area contributed by atoms with Crippen LogP contribution >= 0.6 is 23.2 Å². The van der Waals surface area contributed by atoms with Gasteiger partial charge in [0, 0.05) is 5.56 Å². The van der Waals surface area contributed by atoms with Crippen molar-refractivity contribution < 1.29 is 0 Å². The number of para-hydroxylation sites is 1. The summed E-state index contributed by atoms with van der Waals surface area (Å²) in [6.07, 6.45) is 0. The van der Waals surface area contributed by atoms with Crippen molar-refractivity contribution in [3.05, 3.63) is 62.9 Å². The summed E-state index contributed by atoms with van der Waals surface area (Å²) in [7, 11) is 0. The van der Waals surface area contributed by atoms with E-state index < -0.39 is 0 Å². The molecular formula is C15H8Cl2N4O. The van der Waals surface area contributed by atoms with Crippen molar-refractivity contribution in [2.24, 2.45) is 0 Å². The smallest absolute Gasteiger partial charge is 0.267 e. The highest BCUT2D eigenvalue weighted by Crippen LogP contribution is 2.29. The predicted octanol–water partition coefficient (Wildman–Crippen LogP) is 3.54. The number of halogens is 2. The van der Waals surface area contributed by atoms with Gasteiger partial charge in [0.05, 0.1) is 20.9 Å². The molecule has 22 heavy (non-hydrogen) atoms. The first-order chi connectivity index (χ1) is 10.6. The average Bonchev–Trinajstić information content (AvgIpc) is 2.94. The first-order valence-electron chi connectivity index (χ1n) is 6.46. The van der Waals surface area contributed by atoms with Crippen molar-refractivity contribution >= 4 is 39.8 Å². The molecule has 4 rings (SSSR count). The van der Waals surface area contributed by atoms with Crippen molar-refractivity contribution in [3.8, 4) is 11.3 Å². The van der Waals surface area contributed by atoms with E-state index in [1.54, 1.807) is 34.8 Å². The first kappa shape index (κ1) is 13.3. The van der Waals surface area contributed by atoms with Gasteiger partial charge < -0.3 is 0 Å². The lowest BCUT2D eigenvalue weighted by Gasteiger charge is -2.01. The van der Waals surface area contributed by atoms with Gasteiger partial charge in [-0.2, -0.15) is 10.1 Å². The third-order valence-electron chi connectivity index (χ3n) is 3.46. The summed E-state index contributed by atoms with van der Waals surface area (Å²) in [5.41, 5.74) is 2.15. The van der Waals surface area contributed by atoms with E-state index >= 15 is 0 Å². The van der Waals surface area contributed by atoms with Crippen LogP contribution in [0.3, 0.4) is 0 Å². The summed E-state index contributed by atoms with van der Waals surface area (Å²) >= 11 is 12.0. The van der Waals surface area contributed by atoms with Crippen molar-refractivity contribution in [1.82, 2.24) is 19.8 Å². The van der Waals surface area contributed by atoms with Crippen LogP contribution in [-0.4, -0.2) is 19.8 Å². The standard InChI is InChI=1S/C15H8Cl2N4O/c16-10-6-5-8(7-11(10)17)13-14-18-15(22)9-3-1-2-4-12(9)21(14)20-19-13/h1-7,20H. The maximum Gasteiger partial charge on any atom is 0.281 e. The Balaban J connectivity index is 2.08. The minimum atomic E-state index is -0.293. The zero-order valence-corrected chi connectivity index (χ0v) is 12.6. The number of aromatic amines is 1. The Kier molecular flexibility index (Phi) is 2.92. The maximum atomic E-state index is 12.2. The van der Waals surface area contributed by atoms with Crippen LogP contribution in [0.4, 0.5) is 0 Å². The van der Waals surface area contributed by atoms with Gasteiger partial charge in [0.2, 0.25) is 0 Å². The highest BCUT2D eigenvalue weighted by molar-refractivity contribution is 6.42. The molecule has 0 radical (unpaired) electrons. The molecule has 2 aromatic heterocycles. The van der Waals surface area contributed by atoms with E-state index in [4.69, 9.17) is 23.2 Å². The van der Waals surface area contributed by atoms with E-state index in [1.807, 2.05) is 12.1 Å². The minimum Gasteiger partial charge on any atom is -0.267 e. The fourth-order valence-electron chi connectivity index (χ4n) is 2.42. The summed E-state index contributed by atoms with van der Waals surface area (Å²) < 4.78 is 1.68. The second-order valence-corrected chi connectivity index (χ2v) is 5.60. The summed E-state index contributed by atoms with van der Waals surface area (Å²) in [4.78, 5) is 16.3. The molecule has 4 aromatic rings. The Labute approximate surface area is 134 Å². The summed E-state index contributed by atoms with van der Waals surface area (Å²) in [5.74, 6) is 0. The van der Waals surface area contributed by atoms with Gasteiger partial charge in [0.25, 0.3) is 5.56 Å². The number of hydrogen-bond acceptors (Lipinski definition) is 3. The van der Waals surface area contributed by atoms with Crippen LogP contribution in [0, 0.1) is 0 Å². The third kappa shape index (κ3) is 1.90. The molecule has 0 bridgehead atoms. The number of hydrogen-bond donors (Lipinski definition) is 1. The molecule has 7 heteroatoms. The van der Waals surface area contributed by atoms with Crippen LogP contribution in [0.5, 0.6) is 0 Å².